The Bertz CT molecular complexity index is 1220. The van der Waals surface area contributed by atoms with Crippen molar-refractivity contribution in [2.45, 2.75) is 46.5 Å². The van der Waals surface area contributed by atoms with Gasteiger partial charge in [-0.1, -0.05) is 94.4 Å². The highest BCUT2D eigenvalue weighted by atomic mass is 14.8. The zero-order chi connectivity index (χ0) is 22.0. The third kappa shape index (κ3) is 4.29. The summed E-state index contributed by atoms with van der Waals surface area (Å²) in [5, 5.41) is 2.45. The summed E-state index contributed by atoms with van der Waals surface area (Å²) in [5.74, 6) is 0.834. The number of aromatic nitrogens is 1. The maximum absolute atomic E-state index is 5.12. The van der Waals surface area contributed by atoms with Crippen LogP contribution in [0.1, 0.15) is 63.3 Å². The number of aliphatic imine (C=N–C) groups is 1. The van der Waals surface area contributed by atoms with Crippen LogP contribution in [0.15, 0.2) is 83.9 Å². The molecule has 0 aliphatic rings. The molecular weight excluding hydrogens is 376 g/mol. The molecule has 3 aromatic carbocycles. The number of hydrogen-bond donors (Lipinski definition) is 0. The van der Waals surface area contributed by atoms with Crippen molar-refractivity contribution in [2.24, 2.45) is 4.99 Å². The van der Waals surface area contributed by atoms with Crippen LogP contribution in [-0.4, -0.2) is 10.7 Å². The summed E-state index contributed by atoms with van der Waals surface area (Å²) in [6, 6.07) is 27.6. The van der Waals surface area contributed by atoms with Crippen LogP contribution in [0.2, 0.25) is 0 Å². The van der Waals surface area contributed by atoms with Crippen molar-refractivity contribution in [2.75, 3.05) is 0 Å². The van der Waals surface area contributed by atoms with E-state index >= 15 is 0 Å². The zero-order valence-electron chi connectivity index (χ0n) is 19.1. The standard InChI is InChI=1S/C29H30N2/c1-19(2)23-14-9-15-24(20(3)4)29(23)30-21(5)27-17-10-18-28(31-27)26-16-8-12-22-11-6-7-13-25(22)26/h6-20H,1-5H3/b30-21+. The van der Waals surface area contributed by atoms with Crippen molar-refractivity contribution in [1.29, 1.82) is 0 Å². The van der Waals surface area contributed by atoms with Gasteiger partial charge in [-0.25, -0.2) is 4.98 Å². The lowest BCUT2D eigenvalue weighted by Crippen LogP contribution is -2.02. The minimum atomic E-state index is 0.417. The van der Waals surface area contributed by atoms with Gasteiger partial charge in [0.15, 0.2) is 0 Å². The SMILES string of the molecule is C/C(=N\c1c(C(C)C)cccc1C(C)C)c1cccc(-c2cccc3ccccc23)n1. The smallest absolute Gasteiger partial charge is 0.0849 e. The maximum Gasteiger partial charge on any atom is 0.0849 e. The van der Waals surface area contributed by atoms with E-state index in [9.17, 15) is 0 Å². The molecule has 0 saturated carbocycles. The summed E-state index contributed by atoms with van der Waals surface area (Å²) in [6.07, 6.45) is 0. The van der Waals surface area contributed by atoms with Crippen molar-refractivity contribution >= 4 is 22.2 Å². The Labute approximate surface area is 185 Å². The molecule has 0 aliphatic carbocycles. The lowest BCUT2D eigenvalue weighted by Gasteiger charge is -2.17. The first-order valence-electron chi connectivity index (χ1n) is 11.1. The zero-order valence-corrected chi connectivity index (χ0v) is 19.1. The molecule has 2 heteroatoms. The topological polar surface area (TPSA) is 25.2 Å². The van der Waals surface area contributed by atoms with Gasteiger partial charge in [0.1, 0.15) is 0 Å². The molecule has 4 aromatic rings. The summed E-state index contributed by atoms with van der Waals surface area (Å²) in [5.41, 5.74) is 7.66. The number of benzene rings is 3. The van der Waals surface area contributed by atoms with Crippen LogP contribution in [0.3, 0.4) is 0 Å². The second-order valence-electron chi connectivity index (χ2n) is 8.73. The fourth-order valence-corrected chi connectivity index (χ4v) is 4.10. The number of para-hydroxylation sites is 1. The van der Waals surface area contributed by atoms with Gasteiger partial charge in [0.05, 0.1) is 22.8 Å². The molecular formula is C29H30N2. The molecule has 2 nitrogen and oxygen atoms in total. The molecule has 0 bridgehead atoms. The highest BCUT2D eigenvalue weighted by Crippen LogP contribution is 2.35. The third-order valence-corrected chi connectivity index (χ3v) is 5.81. The first kappa shape index (κ1) is 21.0. The van der Waals surface area contributed by atoms with E-state index in [-0.39, 0.29) is 0 Å². The van der Waals surface area contributed by atoms with E-state index in [4.69, 9.17) is 9.98 Å². The Hall–Kier alpha value is -3.26. The quantitative estimate of drug-likeness (QED) is 0.306. The molecule has 0 saturated heterocycles. The summed E-state index contributed by atoms with van der Waals surface area (Å²) >= 11 is 0. The molecule has 1 heterocycles. The number of fused-ring (bicyclic) bond motifs is 1. The van der Waals surface area contributed by atoms with Gasteiger partial charge in [0.25, 0.3) is 0 Å². The van der Waals surface area contributed by atoms with E-state index in [1.807, 2.05) is 0 Å². The predicted octanol–water partition coefficient (Wildman–Crippen LogP) is 8.29. The van der Waals surface area contributed by atoms with Crippen LogP contribution in [0.25, 0.3) is 22.0 Å². The van der Waals surface area contributed by atoms with Crippen molar-refractivity contribution in [3.05, 3.63) is 95.7 Å². The molecule has 4 rings (SSSR count). The van der Waals surface area contributed by atoms with Gasteiger partial charge in [-0.15, -0.1) is 0 Å². The Morgan fingerprint density at radius 3 is 2.03 bits per heavy atom. The fourth-order valence-electron chi connectivity index (χ4n) is 4.10. The van der Waals surface area contributed by atoms with E-state index in [2.05, 4.69) is 113 Å². The van der Waals surface area contributed by atoms with Gasteiger partial charge in [-0.2, -0.15) is 0 Å². The van der Waals surface area contributed by atoms with Crippen LogP contribution in [0.5, 0.6) is 0 Å². The monoisotopic (exact) mass is 406 g/mol. The van der Waals surface area contributed by atoms with E-state index in [0.29, 0.717) is 11.8 Å². The van der Waals surface area contributed by atoms with E-state index in [0.717, 1.165) is 28.4 Å². The maximum atomic E-state index is 5.12. The predicted molar refractivity (Wildman–Crippen MR) is 134 cm³/mol. The van der Waals surface area contributed by atoms with Crippen LogP contribution in [0.4, 0.5) is 5.69 Å². The van der Waals surface area contributed by atoms with E-state index in [1.54, 1.807) is 0 Å². The molecule has 31 heavy (non-hydrogen) atoms. The average Bonchev–Trinajstić information content (AvgIpc) is 2.78. The van der Waals surface area contributed by atoms with Crippen LogP contribution in [-0.2, 0) is 0 Å². The fraction of sp³-hybridized carbons (Fsp3) is 0.241. The summed E-state index contributed by atoms with van der Waals surface area (Å²) in [7, 11) is 0. The average molecular weight is 407 g/mol. The number of rotatable bonds is 5. The first-order chi connectivity index (χ1) is 15.0. The van der Waals surface area contributed by atoms with Gasteiger partial charge in [0, 0.05) is 5.56 Å². The van der Waals surface area contributed by atoms with Gasteiger partial charge in [-0.3, -0.25) is 4.99 Å². The molecule has 0 spiro atoms. The molecule has 0 atom stereocenters. The molecule has 0 unspecified atom stereocenters. The highest BCUT2D eigenvalue weighted by Gasteiger charge is 2.14. The van der Waals surface area contributed by atoms with Crippen molar-refractivity contribution < 1.29 is 0 Å². The normalized spacial score (nSPS) is 12.2. The largest absolute Gasteiger partial charge is 0.251 e. The van der Waals surface area contributed by atoms with Gasteiger partial charge in [-0.05, 0) is 52.8 Å². The Morgan fingerprint density at radius 2 is 1.32 bits per heavy atom. The molecule has 156 valence electrons. The van der Waals surface area contributed by atoms with Crippen LogP contribution < -0.4 is 0 Å². The molecule has 0 radical (unpaired) electrons. The molecule has 0 amide bonds. The van der Waals surface area contributed by atoms with Crippen LogP contribution in [0, 0.1) is 0 Å². The van der Waals surface area contributed by atoms with E-state index in [1.165, 1.54) is 21.9 Å². The summed E-state index contributed by atoms with van der Waals surface area (Å²) in [4.78, 5) is 10.1. The lowest BCUT2D eigenvalue weighted by atomic mass is 9.93. The van der Waals surface area contributed by atoms with Gasteiger partial charge in [0.2, 0.25) is 0 Å². The van der Waals surface area contributed by atoms with Crippen molar-refractivity contribution in [3.63, 3.8) is 0 Å². The summed E-state index contributed by atoms with van der Waals surface area (Å²) in [6.45, 7) is 11.0. The Kier molecular flexibility index (Phi) is 5.99. The lowest BCUT2D eigenvalue weighted by molar-refractivity contribution is 0.834. The Balaban J connectivity index is 1.81. The van der Waals surface area contributed by atoms with Gasteiger partial charge < -0.3 is 0 Å². The van der Waals surface area contributed by atoms with E-state index < -0.39 is 0 Å². The van der Waals surface area contributed by atoms with Crippen molar-refractivity contribution in [1.82, 2.24) is 4.98 Å². The second kappa shape index (κ2) is 8.85. The first-order valence-corrected chi connectivity index (χ1v) is 11.1. The summed E-state index contributed by atoms with van der Waals surface area (Å²) < 4.78 is 0. The minimum Gasteiger partial charge on any atom is -0.251 e. The molecule has 0 N–H and O–H groups in total. The third-order valence-electron chi connectivity index (χ3n) is 5.81. The molecule has 0 fully saturated rings. The molecule has 1 aromatic heterocycles. The number of hydrogen-bond acceptors (Lipinski definition) is 2. The number of pyridine rings is 1. The highest BCUT2D eigenvalue weighted by molar-refractivity contribution is 6.00. The Morgan fingerprint density at radius 1 is 0.710 bits per heavy atom. The van der Waals surface area contributed by atoms with Gasteiger partial charge >= 0.3 is 0 Å². The van der Waals surface area contributed by atoms with Crippen molar-refractivity contribution in [3.8, 4) is 11.3 Å². The minimum absolute atomic E-state index is 0.417. The second-order valence-corrected chi connectivity index (χ2v) is 8.73. The van der Waals surface area contributed by atoms with Crippen LogP contribution >= 0.6 is 0 Å². The number of nitrogens with zero attached hydrogens (tertiary/aromatic N) is 2. The molecule has 0 aliphatic heterocycles.